The topological polar surface area (TPSA) is 63.1 Å². The number of nitrogens with one attached hydrogen (secondary N) is 1. The quantitative estimate of drug-likeness (QED) is 0.915. The third kappa shape index (κ3) is 2.89. The van der Waals surface area contributed by atoms with Crippen molar-refractivity contribution in [3.8, 4) is 0 Å². The zero-order valence-corrected chi connectivity index (χ0v) is 14.2. The van der Waals surface area contributed by atoms with Crippen molar-refractivity contribution >= 4 is 5.91 Å². The van der Waals surface area contributed by atoms with Crippen LogP contribution in [0.4, 0.5) is 0 Å². The van der Waals surface area contributed by atoms with Crippen LogP contribution in [0.25, 0.3) is 0 Å². The van der Waals surface area contributed by atoms with Gasteiger partial charge >= 0.3 is 0 Å². The van der Waals surface area contributed by atoms with Crippen molar-refractivity contribution in [2.24, 2.45) is 13.0 Å². The van der Waals surface area contributed by atoms with E-state index >= 15 is 0 Å². The van der Waals surface area contributed by atoms with Gasteiger partial charge in [0.15, 0.2) is 5.82 Å². The molecule has 0 spiro atoms. The summed E-state index contributed by atoms with van der Waals surface area (Å²) < 4.78 is 2.07. The summed E-state index contributed by atoms with van der Waals surface area (Å²) in [5.74, 6) is 3.45. The Kier molecular flexibility index (Phi) is 3.87. The minimum Gasteiger partial charge on any atom is -0.337 e. The third-order valence-corrected chi connectivity index (χ3v) is 5.86. The van der Waals surface area contributed by atoms with Crippen LogP contribution in [0, 0.1) is 5.92 Å². The number of fused-ring (bicyclic) bond motifs is 1. The van der Waals surface area contributed by atoms with E-state index in [9.17, 15) is 4.79 Å². The highest BCUT2D eigenvalue weighted by atomic mass is 16.2. The molecule has 1 aliphatic heterocycles. The summed E-state index contributed by atoms with van der Waals surface area (Å²) in [6.07, 6.45) is 8.56. The molecule has 2 saturated carbocycles. The maximum Gasteiger partial charge on any atom is 0.239 e. The minimum atomic E-state index is -0.00997. The van der Waals surface area contributed by atoms with Crippen molar-refractivity contribution < 1.29 is 4.79 Å². The van der Waals surface area contributed by atoms with E-state index in [1.165, 1.54) is 38.5 Å². The van der Waals surface area contributed by atoms with E-state index in [0.717, 1.165) is 18.1 Å². The van der Waals surface area contributed by atoms with Crippen LogP contribution in [0.15, 0.2) is 0 Å². The molecule has 4 rings (SSSR count). The summed E-state index contributed by atoms with van der Waals surface area (Å²) >= 11 is 0. The van der Waals surface area contributed by atoms with Gasteiger partial charge in [-0.15, -0.1) is 10.2 Å². The molecule has 3 unspecified atom stereocenters. The fourth-order valence-electron chi connectivity index (χ4n) is 4.28. The van der Waals surface area contributed by atoms with Crippen molar-refractivity contribution in [2.45, 2.75) is 69.5 Å². The number of hydrogen-bond acceptors (Lipinski definition) is 4. The molecule has 6 heteroatoms. The van der Waals surface area contributed by atoms with Crippen LogP contribution in [0.1, 0.15) is 62.5 Å². The van der Waals surface area contributed by atoms with Crippen LogP contribution < -0.4 is 5.32 Å². The van der Waals surface area contributed by atoms with Crippen LogP contribution in [-0.4, -0.2) is 44.7 Å². The molecule has 0 bridgehead atoms. The molecule has 3 aliphatic rings. The SMILES string of the molecule is CN(Cc1nnc(C2CC2)n1C)C(=O)C1CC2CCCCC2N1. The van der Waals surface area contributed by atoms with Crippen molar-refractivity contribution in [3.63, 3.8) is 0 Å². The molecule has 23 heavy (non-hydrogen) atoms. The Balaban J connectivity index is 1.38. The van der Waals surface area contributed by atoms with Crippen LogP contribution >= 0.6 is 0 Å². The summed E-state index contributed by atoms with van der Waals surface area (Å²) in [6, 6.07) is 0.548. The number of nitrogens with zero attached hydrogens (tertiary/aromatic N) is 4. The number of rotatable bonds is 4. The van der Waals surface area contributed by atoms with E-state index in [1.54, 1.807) is 0 Å². The summed E-state index contributed by atoms with van der Waals surface area (Å²) in [5, 5.41) is 12.2. The molecule has 6 nitrogen and oxygen atoms in total. The summed E-state index contributed by atoms with van der Waals surface area (Å²) in [6.45, 7) is 0.544. The monoisotopic (exact) mass is 317 g/mol. The lowest BCUT2D eigenvalue weighted by molar-refractivity contribution is -0.132. The predicted octanol–water partition coefficient (Wildman–Crippen LogP) is 1.57. The lowest BCUT2D eigenvalue weighted by Gasteiger charge is -2.24. The van der Waals surface area contributed by atoms with E-state index in [2.05, 4.69) is 20.1 Å². The summed E-state index contributed by atoms with van der Waals surface area (Å²) in [5.41, 5.74) is 0. The highest BCUT2D eigenvalue weighted by molar-refractivity contribution is 5.82. The predicted molar refractivity (Wildman–Crippen MR) is 86.7 cm³/mol. The lowest BCUT2D eigenvalue weighted by Crippen LogP contribution is -2.44. The van der Waals surface area contributed by atoms with Crippen molar-refractivity contribution in [1.82, 2.24) is 25.0 Å². The molecule has 0 radical (unpaired) electrons. The Morgan fingerprint density at radius 2 is 2.04 bits per heavy atom. The molecular weight excluding hydrogens is 290 g/mol. The average molecular weight is 317 g/mol. The van der Waals surface area contributed by atoms with Gasteiger partial charge in [-0.05, 0) is 38.0 Å². The number of carbonyl (C=O) groups is 1. The Labute approximate surface area is 137 Å². The van der Waals surface area contributed by atoms with Crippen LogP contribution in [0.2, 0.25) is 0 Å². The molecule has 1 amide bonds. The zero-order valence-electron chi connectivity index (χ0n) is 14.2. The Morgan fingerprint density at radius 3 is 2.78 bits per heavy atom. The zero-order chi connectivity index (χ0) is 16.0. The first-order valence-electron chi connectivity index (χ1n) is 9.02. The highest BCUT2D eigenvalue weighted by Crippen LogP contribution is 2.39. The smallest absolute Gasteiger partial charge is 0.239 e. The van der Waals surface area contributed by atoms with Crippen molar-refractivity contribution in [3.05, 3.63) is 11.6 Å². The molecule has 126 valence electrons. The summed E-state index contributed by atoms with van der Waals surface area (Å²) in [4.78, 5) is 14.6. The molecule has 1 aromatic heterocycles. The van der Waals surface area contributed by atoms with Crippen molar-refractivity contribution in [1.29, 1.82) is 0 Å². The second-order valence-corrected chi connectivity index (χ2v) is 7.61. The molecule has 1 aromatic rings. The van der Waals surface area contributed by atoms with Crippen LogP contribution in [0.3, 0.4) is 0 Å². The standard InChI is InChI=1S/C17H27N5O/c1-21(10-15-19-20-16(22(15)2)11-7-8-11)17(23)14-9-12-5-3-4-6-13(12)18-14/h11-14,18H,3-10H2,1-2H3. The molecule has 3 fully saturated rings. The minimum absolute atomic E-state index is 0.00997. The van der Waals surface area contributed by atoms with E-state index in [4.69, 9.17) is 0 Å². The maximum absolute atomic E-state index is 12.8. The van der Waals surface area contributed by atoms with E-state index < -0.39 is 0 Å². The van der Waals surface area contributed by atoms with Crippen molar-refractivity contribution in [2.75, 3.05) is 7.05 Å². The molecule has 2 heterocycles. The number of hydrogen-bond donors (Lipinski definition) is 1. The average Bonchev–Trinajstić information content (AvgIpc) is 3.20. The Bertz CT molecular complexity index is 580. The fraction of sp³-hybridized carbons (Fsp3) is 0.824. The number of likely N-dealkylation sites (N-methyl/N-ethyl adjacent to an activating group) is 1. The van der Waals surface area contributed by atoms with Gasteiger partial charge < -0.3 is 14.8 Å². The molecular formula is C17H27N5O. The van der Waals surface area contributed by atoms with Crippen LogP contribution in [-0.2, 0) is 18.4 Å². The van der Waals surface area contributed by atoms with Crippen LogP contribution in [0.5, 0.6) is 0 Å². The van der Waals surface area contributed by atoms with Gasteiger partial charge in [-0.1, -0.05) is 12.8 Å². The first kappa shape index (κ1) is 15.1. The van der Waals surface area contributed by atoms with Gasteiger partial charge in [0.1, 0.15) is 5.82 Å². The highest BCUT2D eigenvalue weighted by Gasteiger charge is 2.39. The lowest BCUT2D eigenvalue weighted by atomic mass is 9.85. The molecule has 3 atom stereocenters. The molecule has 2 aliphatic carbocycles. The maximum atomic E-state index is 12.8. The first-order chi connectivity index (χ1) is 11.1. The van der Waals surface area contributed by atoms with E-state index in [0.29, 0.717) is 24.4 Å². The van der Waals surface area contributed by atoms with Gasteiger partial charge in [-0.3, -0.25) is 4.79 Å². The Morgan fingerprint density at radius 1 is 1.26 bits per heavy atom. The van der Waals surface area contributed by atoms with Gasteiger partial charge in [0.25, 0.3) is 0 Å². The second-order valence-electron chi connectivity index (χ2n) is 7.61. The largest absolute Gasteiger partial charge is 0.337 e. The first-order valence-corrected chi connectivity index (χ1v) is 9.02. The normalized spacial score (nSPS) is 30.3. The number of aromatic nitrogens is 3. The number of amides is 1. The van der Waals surface area contributed by atoms with Gasteiger partial charge in [0.05, 0.1) is 12.6 Å². The summed E-state index contributed by atoms with van der Waals surface area (Å²) in [7, 11) is 3.90. The Hall–Kier alpha value is -1.43. The van der Waals surface area contributed by atoms with Gasteiger partial charge in [0.2, 0.25) is 5.91 Å². The van der Waals surface area contributed by atoms with Gasteiger partial charge in [-0.2, -0.15) is 0 Å². The third-order valence-electron chi connectivity index (χ3n) is 5.86. The van der Waals surface area contributed by atoms with Gasteiger partial charge in [0, 0.05) is 26.1 Å². The van der Waals surface area contributed by atoms with E-state index in [1.807, 2.05) is 19.0 Å². The number of carbonyl (C=O) groups excluding carboxylic acids is 1. The second kappa shape index (κ2) is 5.89. The molecule has 1 saturated heterocycles. The van der Waals surface area contributed by atoms with E-state index in [-0.39, 0.29) is 11.9 Å². The molecule has 1 N–H and O–H groups in total. The molecule has 0 aromatic carbocycles. The van der Waals surface area contributed by atoms with Gasteiger partial charge in [-0.25, -0.2) is 0 Å². The fourth-order valence-corrected chi connectivity index (χ4v) is 4.28.